The molecule has 0 spiro atoms. The van der Waals surface area contributed by atoms with E-state index in [1.165, 1.54) is 50.5 Å². The topological polar surface area (TPSA) is 56.1 Å². The van der Waals surface area contributed by atoms with Gasteiger partial charge in [0.05, 0.1) is 13.2 Å². The summed E-state index contributed by atoms with van der Waals surface area (Å²) in [6.07, 6.45) is 8.69. The summed E-state index contributed by atoms with van der Waals surface area (Å²) >= 11 is 0. The molecule has 0 amide bonds. The van der Waals surface area contributed by atoms with Gasteiger partial charge >= 0.3 is 0 Å². The summed E-state index contributed by atoms with van der Waals surface area (Å²) in [4.78, 5) is 2.50. The Morgan fingerprint density at radius 3 is 2.56 bits per heavy atom. The molecule has 0 N–H and O–H groups in total. The van der Waals surface area contributed by atoms with Gasteiger partial charge in [0.25, 0.3) is 0 Å². The van der Waals surface area contributed by atoms with Crippen LogP contribution in [0.15, 0.2) is 24.3 Å². The second-order valence-corrected chi connectivity index (χ2v) is 7.16. The molecule has 1 aliphatic carbocycles. The molecule has 2 fully saturated rings. The highest BCUT2D eigenvalue weighted by atomic mass is 16.5. The van der Waals surface area contributed by atoms with E-state index in [4.69, 9.17) is 4.74 Å². The lowest BCUT2D eigenvalue weighted by atomic mass is 9.95. The summed E-state index contributed by atoms with van der Waals surface area (Å²) in [5.41, 5.74) is 1.17. The van der Waals surface area contributed by atoms with Gasteiger partial charge in [0, 0.05) is 5.56 Å². The first-order valence-corrected chi connectivity index (χ1v) is 9.53. The van der Waals surface area contributed by atoms with Crippen molar-refractivity contribution in [2.24, 2.45) is 0 Å². The maximum absolute atomic E-state index is 5.66. The average molecular weight is 341 g/mol. The molecule has 1 aliphatic heterocycles. The van der Waals surface area contributed by atoms with E-state index in [1.807, 2.05) is 12.1 Å². The van der Waals surface area contributed by atoms with Crippen molar-refractivity contribution in [1.82, 2.24) is 25.1 Å². The van der Waals surface area contributed by atoms with Crippen LogP contribution in [0.1, 0.15) is 68.4 Å². The lowest BCUT2D eigenvalue weighted by Crippen LogP contribution is -2.31. The summed E-state index contributed by atoms with van der Waals surface area (Å²) in [5, 5.41) is 13.0. The largest absolute Gasteiger partial charge is 0.496 e. The first-order valence-electron chi connectivity index (χ1n) is 9.53. The monoisotopic (exact) mass is 341 g/mol. The lowest BCUT2D eigenvalue weighted by molar-refractivity contribution is 0.240. The standard InChI is InChI=1S/C19H27N5O/c1-25-17-12-6-5-11-16(17)18(23-13-7-8-14-23)19-20-21-22-24(19)15-9-3-2-4-10-15/h5-6,11-12,15,18H,2-4,7-10,13-14H2,1H3/t18-/m1/s1. The van der Waals surface area contributed by atoms with E-state index in [0.29, 0.717) is 6.04 Å². The highest BCUT2D eigenvalue weighted by Gasteiger charge is 2.33. The number of nitrogens with zero attached hydrogens (tertiary/aromatic N) is 5. The first kappa shape index (κ1) is 16.5. The SMILES string of the molecule is COc1ccccc1[C@H](c1nnnn1C1CCCCC1)N1CCCC1. The predicted octanol–water partition coefficient (Wildman–Crippen LogP) is 3.37. The van der Waals surface area contributed by atoms with Gasteiger partial charge in [-0.15, -0.1) is 5.10 Å². The van der Waals surface area contributed by atoms with Gasteiger partial charge in [-0.05, 0) is 55.3 Å². The molecule has 0 bridgehead atoms. The van der Waals surface area contributed by atoms with E-state index >= 15 is 0 Å². The van der Waals surface area contributed by atoms with Gasteiger partial charge in [0.15, 0.2) is 5.82 Å². The van der Waals surface area contributed by atoms with Crippen LogP contribution in [-0.2, 0) is 0 Å². The Kier molecular flexibility index (Phi) is 4.97. The van der Waals surface area contributed by atoms with Gasteiger partial charge < -0.3 is 4.74 Å². The summed E-state index contributed by atoms with van der Waals surface area (Å²) in [5.74, 6) is 1.89. The quantitative estimate of drug-likeness (QED) is 0.834. The summed E-state index contributed by atoms with van der Waals surface area (Å²) in [6, 6.07) is 8.78. The minimum absolute atomic E-state index is 0.0653. The van der Waals surface area contributed by atoms with Gasteiger partial charge in [0.1, 0.15) is 11.8 Å². The molecule has 1 atom stereocenters. The third kappa shape index (κ3) is 3.27. The smallest absolute Gasteiger partial charge is 0.173 e. The molecule has 2 aliphatic rings. The molecular weight excluding hydrogens is 314 g/mol. The van der Waals surface area contributed by atoms with Crippen LogP contribution in [0, 0.1) is 0 Å². The first-order chi connectivity index (χ1) is 12.4. The molecule has 1 saturated heterocycles. The minimum Gasteiger partial charge on any atom is -0.496 e. The molecule has 134 valence electrons. The zero-order chi connectivity index (χ0) is 17.1. The Morgan fingerprint density at radius 1 is 1.04 bits per heavy atom. The van der Waals surface area contributed by atoms with Gasteiger partial charge in [-0.1, -0.05) is 37.5 Å². The van der Waals surface area contributed by atoms with E-state index in [-0.39, 0.29) is 6.04 Å². The molecule has 1 aromatic heterocycles. The molecule has 2 heterocycles. The van der Waals surface area contributed by atoms with E-state index in [9.17, 15) is 0 Å². The Balaban J connectivity index is 1.75. The van der Waals surface area contributed by atoms with Crippen molar-refractivity contribution in [1.29, 1.82) is 0 Å². The van der Waals surface area contributed by atoms with Crippen molar-refractivity contribution in [2.75, 3.05) is 20.2 Å². The Hall–Kier alpha value is -1.95. The number of aromatic nitrogens is 4. The zero-order valence-electron chi connectivity index (χ0n) is 15.0. The molecule has 25 heavy (non-hydrogen) atoms. The van der Waals surface area contributed by atoms with Crippen molar-refractivity contribution in [3.8, 4) is 5.75 Å². The number of methoxy groups -OCH3 is 1. The molecule has 6 nitrogen and oxygen atoms in total. The molecule has 1 aromatic carbocycles. The summed E-state index contributed by atoms with van der Waals surface area (Å²) in [7, 11) is 1.74. The number of tetrazole rings is 1. The molecular formula is C19H27N5O. The summed E-state index contributed by atoms with van der Waals surface area (Å²) < 4.78 is 7.77. The minimum atomic E-state index is 0.0653. The molecule has 0 radical (unpaired) electrons. The maximum Gasteiger partial charge on any atom is 0.173 e. The third-order valence-electron chi connectivity index (χ3n) is 5.62. The van der Waals surface area contributed by atoms with Crippen LogP contribution in [-0.4, -0.2) is 45.3 Å². The number of hydrogen-bond donors (Lipinski definition) is 0. The summed E-state index contributed by atoms with van der Waals surface area (Å²) in [6.45, 7) is 2.17. The van der Waals surface area contributed by atoms with E-state index < -0.39 is 0 Å². The van der Waals surface area contributed by atoms with Crippen LogP contribution in [0.5, 0.6) is 5.75 Å². The number of likely N-dealkylation sites (tertiary alicyclic amines) is 1. The van der Waals surface area contributed by atoms with Gasteiger partial charge in [0.2, 0.25) is 0 Å². The van der Waals surface area contributed by atoms with Crippen LogP contribution < -0.4 is 4.74 Å². The number of ether oxygens (including phenoxy) is 1. The lowest BCUT2D eigenvalue weighted by Gasteiger charge is -2.30. The van der Waals surface area contributed by atoms with Crippen LogP contribution in [0.2, 0.25) is 0 Å². The normalized spacial score (nSPS) is 20.7. The Morgan fingerprint density at radius 2 is 1.80 bits per heavy atom. The molecule has 1 saturated carbocycles. The van der Waals surface area contributed by atoms with E-state index in [0.717, 1.165) is 24.7 Å². The van der Waals surface area contributed by atoms with Crippen LogP contribution in [0.3, 0.4) is 0 Å². The van der Waals surface area contributed by atoms with Crippen LogP contribution in [0.25, 0.3) is 0 Å². The Labute approximate surface area is 149 Å². The maximum atomic E-state index is 5.66. The second kappa shape index (κ2) is 7.52. The van der Waals surface area contributed by atoms with Crippen molar-refractivity contribution < 1.29 is 4.74 Å². The van der Waals surface area contributed by atoms with Crippen molar-refractivity contribution in [2.45, 2.75) is 57.0 Å². The van der Waals surface area contributed by atoms with Crippen LogP contribution >= 0.6 is 0 Å². The number of para-hydroxylation sites is 1. The fourth-order valence-electron chi connectivity index (χ4n) is 4.36. The second-order valence-electron chi connectivity index (χ2n) is 7.16. The molecule has 4 rings (SSSR count). The number of hydrogen-bond acceptors (Lipinski definition) is 5. The number of benzene rings is 1. The highest BCUT2D eigenvalue weighted by Crippen LogP contribution is 2.37. The third-order valence-corrected chi connectivity index (χ3v) is 5.62. The molecule has 2 aromatic rings. The van der Waals surface area contributed by atoms with E-state index in [1.54, 1.807) is 7.11 Å². The van der Waals surface area contributed by atoms with Gasteiger partial charge in [-0.25, -0.2) is 4.68 Å². The highest BCUT2D eigenvalue weighted by molar-refractivity contribution is 5.39. The average Bonchev–Trinajstić information content (AvgIpc) is 3.36. The van der Waals surface area contributed by atoms with E-state index in [2.05, 4.69) is 37.2 Å². The van der Waals surface area contributed by atoms with Crippen molar-refractivity contribution >= 4 is 0 Å². The van der Waals surface area contributed by atoms with Gasteiger partial charge in [-0.2, -0.15) is 0 Å². The van der Waals surface area contributed by atoms with Crippen molar-refractivity contribution in [3.05, 3.63) is 35.7 Å². The molecule has 6 heteroatoms. The number of rotatable bonds is 5. The van der Waals surface area contributed by atoms with Crippen molar-refractivity contribution in [3.63, 3.8) is 0 Å². The fourth-order valence-corrected chi connectivity index (χ4v) is 4.36. The fraction of sp³-hybridized carbons (Fsp3) is 0.632. The molecule has 0 unspecified atom stereocenters. The predicted molar refractivity (Wildman–Crippen MR) is 95.6 cm³/mol. The van der Waals surface area contributed by atoms with Crippen LogP contribution in [0.4, 0.5) is 0 Å². The van der Waals surface area contributed by atoms with Gasteiger partial charge in [-0.3, -0.25) is 4.90 Å². The zero-order valence-corrected chi connectivity index (χ0v) is 15.0. The Bertz CT molecular complexity index is 689.